The van der Waals surface area contributed by atoms with Crippen LogP contribution in [0, 0.1) is 11.8 Å². The highest BCUT2D eigenvalue weighted by atomic mass is 16.1. The molecular weight excluding hydrogens is 240 g/mol. The van der Waals surface area contributed by atoms with Crippen LogP contribution in [0.2, 0.25) is 0 Å². The highest BCUT2D eigenvalue weighted by Gasteiger charge is 2.22. The Morgan fingerprint density at radius 2 is 2.32 bits per heavy atom. The van der Waals surface area contributed by atoms with E-state index in [1.165, 1.54) is 0 Å². The summed E-state index contributed by atoms with van der Waals surface area (Å²) in [6.45, 7) is 7.40. The molecule has 0 aromatic carbocycles. The third-order valence-electron chi connectivity index (χ3n) is 3.61. The molecule has 2 N–H and O–H groups in total. The molecule has 0 aliphatic carbocycles. The van der Waals surface area contributed by atoms with Crippen molar-refractivity contribution >= 4 is 5.82 Å². The van der Waals surface area contributed by atoms with Crippen LogP contribution < -0.4 is 16.2 Å². The first kappa shape index (κ1) is 14.1. The molecule has 1 saturated heterocycles. The van der Waals surface area contributed by atoms with E-state index in [1.54, 1.807) is 17.0 Å². The lowest BCUT2D eigenvalue weighted by atomic mass is 9.98. The van der Waals surface area contributed by atoms with Crippen LogP contribution in [0.15, 0.2) is 17.2 Å². The molecule has 0 amide bonds. The van der Waals surface area contributed by atoms with Crippen molar-refractivity contribution in [2.75, 3.05) is 24.5 Å². The summed E-state index contributed by atoms with van der Waals surface area (Å²) in [5, 5.41) is 0. The van der Waals surface area contributed by atoms with Crippen molar-refractivity contribution in [1.82, 2.24) is 9.55 Å². The summed E-state index contributed by atoms with van der Waals surface area (Å²) in [5.74, 6) is 1.51. The molecule has 0 radical (unpaired) electrons. The highest BCUT2D eigenvalue weighted by Crippen LogP contribution is 2.18. The minimum Gasteiger partial charge on any atom is -0.352 e. The van der Waals surface area contributed by atoms with Crippen molar-refractivity contribution in [2.45, 2.75) is 33.2 Å². The van der Waals surface area contributed by atoms with Crippen LogP contribution in [-0.2, 0) is 6.54 Å². The predicted octanol–water partition coefficient (Wildman–Crippen LogP) is 1.07. The van der Waals surface area contributed by atoms with E-state index in [9.17, 15) is 4.79 Å². The van der Waals surface area contributed by atoms with E-state index in [0.29, 0.717) is 24.2 Å². The van der Waals surface area contributed by atoms with Gasteiger partial charge in [0, 0.05) is 32.0 Å². The van der Waals surface area contributed by atoms with Gasteiger partial charge in [-0.15, -0.1) is 0 Å². The third-order valence-corrected chi connectivity index (χ3v) is 3.61. The summed E-state index contributed by atoms with van der Waals surface area (Å²) in [6, 6.07) is 0. The summed E-state index contributed by atoms with van der Waals surface area (Å²) < 4.78 is 1.76. The molecule has 19 heavy (non-hydrogen) atoms. The van der Waals surface area contributed by atoms with Gasteiger partial charge in [0.25, 0.3) is 5.56 Å². The van der Waals surface area contributed by atoms with Gasteiger partial charge >= 0.3 is 0 Å². The third kappa shape index (κ3) is 3.35. The topological polar surface area (TPSA) is 64.2 Å². The van der Waals surface area contributed by atoms with E-state index < -0.39 is 0 Å². The Morgan fingerprint density at radius 1 is 1.53 bits per heavy atom. The molecular formula is C14H24N4O. The molecule has 0 spiro atoms. The van der Waals surface area contributed by atoms with Crippen molar-refractivity contribution in [2.24, 2.45) is 17.6 Å². The van der Waals surface area contributed by atoms with E-state index in [1.807, 2.05) is 0 Å². The van der Waals surface area contributed by atoms with Crippen LogP contribution >= 0.6 is 0 Å². The van der Waals surface area contributed by atoms with Gasteiger partial charge in [0.05, 0.1) is 0 Å². The van der Waals surface area contributed by atoms with Gasteiger partial charge in [-0.1, -0.05) is 13.8 Å². The number of hydrogen-bond acceptors (Lipinski definition) is 4. The lowest BCUT2D eigenvalue weighted by Gasteiger charge is -2.32. The first-order valence-electron chi connectivity index (χ1n) is 7.12. The molecule has 2 heterocycles. The van der Waals surface area contributed by atoms with Crippen LogP contribution in [0.25, 0.3) is 0 Å². The van der Waals surface area contributed by atoms with Gasteiger partial charge in [0.2, 0.25) is 0 Å². The SMILES string of the molecule is CC(C)Cn1ccnc(N2CCCC(CN)C2)c1=O. The molecule has 1 aliphatic rings. The van der Waals surface area contributed by atoms with Crippen LogP contribution in [0.3, 0.4) is 0 Å². The molecule has 1 atom stereocenters. The quantitative estimate of drug-likeness (QED) is 0.883. The summed E-state index contributed by atoms with van der Waals surface area (Å²) in [6.07, 6.45) is 5.74. The molecule has 1 aromatic heterocycles. The average Bonchev–Trinajstić information content (AvgIpc) is 2.41. The molecule has 5 nitrogen and oxygen atoms in total. The molecule has 1 aromatic rings. The summed E-state index contributed by atoms with van der Waals surface area (Å²) in [7, 11) is 0. The van der Waals surface area contributed by atoms with Crippen LogP contribution in [0.1, 0.15) is 26.7 Å². The van der Waals surface area contributed by atoms with Crippen LogP contribution in [0.4, 0.5) is 5.82 Å². The number of nitrogens with zero attached hydrogens (tertiary/aromatic N) is 3. The molecule has 2 rings (SSSR count). The molecule has 0 saturated carbocycles. The zero-order valence-electron chi connectivity index (χ0n) is 11.9. The Kier molecular flexibility index (Phi) is 4.58. The van der Waals surface area contributed by atoms with E-state index in [0.717, 1.165) is 32.5 Å². The predicted molar refractivity (Wildman–Crippen MR) is 77.3 cm³/mol. The Labute approximate surface area is 114 Å². The Balaban J connectivity index is 2.22. The van der Waals surface area contributed by atoms with Crippen molar-refractivity contribution in [1.29, 1.82) is 0 Å². The van der Waals surface area contributed by atoms with E-state index >= 15 is 0 Å². The normalized spacial score (nSPS) is 20.0. The fourth-order valence-electron chi connectivity index (χ4n) is 2.64. The lowest BCUT2D eigenvalue weighted by Crippen LogP contribution is -2.42. The highest BCUT2D eigenvalue weighted by molar-refractivity contribution is 5.36. The molecule has 1 unspecified atom stereocenters. The standard InChI is InChI=1S/C14H24N4O/c1-11(2)9-18-7-5-16-13(14(18)19)17-6-3-4-12(8-15)10-17/h5,7,11-12H,3-4,6,8-10,15H2,1-2H3. The van der Waals surface area contributed by atoms with Gasteiger partial charge in [-0.25, -0.2) is 4.98 Å². The van der Waals surface area contributed by atoms with Gasteiger partial charge in [-0.2, -0.15) is 0 Å². The van der Waals surface area contributed by atoms with Gasteiger partial charge in [-0.05, 0) is 31.2 Å². The molecule has 1 aliphatic heterocycles. The zero-order chi connectivity index (χ0) is 13.8. The second kappa shape index (κ2) is 6.19. The molecule has 106 valence electrons. The summed E-state index contributed by atoms with van der Waals surface area (Å²) in [4.78, 5) is 18.8. The Bertz CT molecular complexity index is 469. The fourth-order valence-corrected chi connectivity index (χ4v) is 2.64. The van der Waals surface area contributed by atoms with Crippen molar-refractivity contribution in [3.05, 3.63) is 22.7 Å². The largest absolute Gasteiger partial charge is 0.352 e. The van der Waals surface area contributed by atoms with Crippen LogP contribution in [-0.4, -0.2) is 29.2 Å². The van der Waals surface area contributed by atoms with Gasteiger partial charge in [0.1, 0.15) is 0 Å². The van der Waals surface area contributed by atoms with Crippen molar-refractivity contribution in [3.63, 3.8) is 0 Å². The maximum atomic E-state index is 12.4. The van der Waals surface area contributed by atoms with Crippen molar-refractivity contribution in [3.8, 4) is 0 Å². The number of anilines is 1. The van der Waals surface area contributed by atoms with E-state index in [4.69, 9.17) is 5.73 Å². The average molecular weight is 264 g/mol. The van der Waals surface area contributed by atoms with Gasteiger partial charge in [0.15, 0.2) is 5.82 Å². The fraction of sp³-hybridized carbons (Fsp3) is 0.714. The first-order valence-corrected chi connectivity index (χ1v) is 7.12. The maximum Gasteiger partial charge on any atom is 0.293 e. The monoisotopic (exact) mass is 264 g/mol. The minimum absolute atomic E-state index is 0.0221. The molecule has 5 heteroatoms. The lowest BCUT2D eigenvalue weighted by molar-refractivity contribution is 0.419. The van der Waals surface area contributed by atoms with E-state index in [-0.39, 0.29) is 5.56 Å². The number of hydrogen-bond donors (Lipinski definition) is 1. The number of piperidine rings is 1. The Hall–Kier alpha value is -1.36. The van der Waals surface area contributed by atoms with Crippen LogP contribution in [0.5, 0.6) is 0 Å². The smallest absolute Gasteiger partial charge is 0.293 e. The molecule has 0 bridgehead atoms. The second-order valence-corrected chi connectivity index (χ2v) is 5.79. The number of aromatic nitrogens is 2. The van der Waals surface area contributed by atoms with Gasteiger partial charge in [-0.3, -0.25) is 4.79 Å². The van der Waals surface area contributed by atoms with E-state index in [2.05, 4.69) is 23.7 Å². The zero-order valence-corrected chi connectivity index (χ0v) is 11.9. The number of nitrogens with two attached hydrogens (primary N) is 1. The number of rotatable bonds is 4. The van der Waals surface area contributed by atoms with Gasteiger partial charge < -0.3 is 15.2 Å². The minimum atomic E-state index is 0.0221. The molecule has 1 fully saturated rings. The second-order valence-electron chi connectivity index (χ2n) is 5.79. The maximum absolute atomic E-state index is 12.4. The summed E-state index contributed by atoms with van der Waals surface area (Å²) in [5.41, 5.74) is 5.77. The first-order chi connectivity index (χ1) is 9.11. The van der Waals surface area contributed by atoms with Crippen molar-refractivity contribution < 1.29 is 0 Å². The Morgan fingerprint density at radius 3 is 3.00 bits per heavy atom. The summed E-state index contributed by atoms with van der Waals surface area (Å²) >= 11 is 0.